The second-order valence-electron chi connectivity index (χ2n) is 6.80. The number of nitrogens with zero attached hydrogens (tertiary/aromatic N) is 1. The summed E-state index contributed by atoms with van der Waals surface area (Å²) in [6.45, 7) is 6.39. The molecule has 3 heteroatoms. The van der Waals surface area contributed by atoms with E-state index in [1.54, 1.807) is 0 Å². The quantitative estimate of drug-likeness (QED) is 0.776. The Labute approximate surface area is 145 Å². The Hall–Kier alpha value is -2.00. The fourth-order valence-electron chi connectivity index (χ4n) is 3.36. The van der Waals surface area contributed by atoms with Crippen molar-refractivity contribution in [2.45, 2.75) is 39.2 Å². The number of rotatable bonds is 7. The first-order chi connectivity index (χ1) is 11.7. The van der Waals surface area contributed by atoms with E-state index >= 15 is 0 Å². The van der Waals surface area contributed by atoms with Crippen LogP contribution in [0.25, 0.3) is 0 Å². The van der Waals surface area contributed by atoms with Crippen molar-refractivity contribution in [3.63, 3.8) is 0 Å². The van der Waals surface area contributed by atoms with Gasteiger partial charge >= 0.3 is 0 Å². The molecular weight excluding hydrogens is 296 g/mol. The van der Waals surface area contributed by atoms with Crippen LogP contribution in [0.15, 0.2) is 42.5 Å². The maximum atomic E-state index is 6.17. The first-order valence-electron chi connectivity index (χ1n) is 9.00. The molecule has 1 aliphatic rings. The van der Waals surface area contributed by atoms with E-state index in [4.69, 9.17) is 10.5 Å². The number of hydrogen-bond donors (Lipinski definition) is 1. The Morgan fingerprint density at radius 1 is 1.04 bits per heavy atom. The lowest BCUT2D eigenvalue weighted by molar-refractivity contribution is 0.307. The summed E-state index contributed by atoms with van der Waals surface area (Å²) in [6, 6.07) is 14.6. The van der Waals surface area contributed by atoms with Crippen LogP contribution in [0.1, 0.15) is 36.0 Å². The van der Waals surface area contributed by atoms with Gasteiger partial charge in [0.1, 0.15) is 12.4 Å². The average molecular weight is 324 g/mol. The van der Waals surface area contributed by atoms with Gasteiger partial charge in [-0.15, -0.1) is 0 Å². The number of anilines is 1. The molecule has 3 nitrogen and oxygen atoms in total. The maximum Gasteiger partial charge on any atom is 0.142 e. The van der Waals surface area contributed by atoms with Crippen molar-refractivity contribution < 1.29 is 4.74 Å². The highest BCUT2D eigenvalue weighted by Gasteiger charge is 2.10. The number of hydrogen-bond acceptors (Lipinski definition) is 3. The Morgan fingerprint density at radius 2 is 1.88 bits per heavy atom. The summed E-state index contributed by atoms with van der Waals surface area (Å²) in [5, 5.41) is 0. The van der Waals surface area contributed by atoms with Gasteiger partial charge in [-0.05, 0) is 75.5 Å². The third-order valence-electron chi connectivity index (χ3n) is 4.69. The number of benzene rings is 2. The molecule has 0 saturated carbocycles. The van der Waals surface area contributed by atoms with Gasteiger partial charge in [0.2, 0.25) is 0 Å². The van der Waals surface area contributed by atoms with Crippen molar-refractivity contribution in [1.82, 2.24) is 4.90 Å². The molecule has 1 aliphatic heterocycles. The minimum Gasteiger partial charge on any atom is -0.487 e. The zero-order valence-corrected chi connectivity index (χ0v) is 14.6. The molecule has 2 N–H and O–H groups in total. The van der Waals surface area contributed by atoms with Crippen molar-refractivity contribution in [3.8, 4) is 5.75 Å². The van der Waals surface area contributed by atoms with Crippen molar-refractivity contribution in [2.24, 2.45) is 0 Å². The number of nitrogens with two attached hydrogens (primary N) is 1. The van der Waals surface area contributed by atoms with Crippen LogP contribution >= 0.6 is 0 Å². The molecule has 1 saturated heterocycles. The zero-order chi connectivity index (χ0) is 16.8. The molecule has 128 valence electrons. The largest absolute Gasteiger partial charge is 0.487 e. The number of likely N-dealkylation sites (tertiary alicyclic amines) is 1. The summed E-state index contributed by atoms with van der Waals surface area (Å²) >= 11 is 0. The maximum absolute atomic E-state index is 6.17. The van der Waals surface area contributed by atoms with Gasteiger partial charge in [0, 0.05) is 0 Å². The molecule has 0 unspecified atom stereocenters. The Bertz CT molecular complexity index is 663. The molecule has 2 aromatic rings. The van der Waals surface area contributed by atoms with E-state index in [-0.39, 0.29) is 0 Å². The van der Waals surface area contributed by atoms with Crippen LogP contribution in [0.4, 0.5) is 5.69 Å². The Kier molecular flexibility index (Phi) is 5.76. The third kappa shape index (κ3) is 4.75. The lowest BCUT2D eigenvalue weighted by Crippen LogP contribution is -2.20. The van der Waals surface area contributed by atoms with E-state index in [2.05, 4.69) is 48.2 Å². The molecule has 1 fully saturated rings. The van der Waals surface area contributed by atoms with E-state index in [0.717, 1.165) is 17.9 Å². The van der Waals surface area contributed by atoms with Gasteiger partial charge in [0.05, 0.1) is 5.69 Å². The average Bonchev–Trinajstić information content (AvgIpc) is 3.07. The fourth-order valence-corrected chi connectivity index (χ4v) is 3.36. The van der Waals surface area contributed by atoms with Gasteiger partial charge in [-0.25, -0.2) is 0 Å². The van der Waals surface area contributed by atoms with Crippen LogP contribution < -0.4 is 10.5 Å². The van der Waals surface area contributed by atoms with Gasteiger partial charge < -0.3 is 15.4 Å². The van der Waals surface area contributed by atoms with Crippen LogP contribution in [-0.2, 0) is 13.0 Å². The molecule has 0 amide bonds. The summed E-state index contributed by atoms with van der Waals surface area (Å²) in [6.07, 6.45) is 5.00. The lowest BCUT2D eigenvalue weighted by atomic mass is 10.1. The van der Waals surface area contributed by atoms with Gasteiger partial charge in [0.15, 0.2) is 0 Å². The molecule has 0 spiro atoms. The molecule has 0 atom stereocenters. The fraction of sp³-hybridized carbons (Fsp3) is 0.429. The van der Waals surface area contributed by atoms with E-state index in [9.17, 15) is 0 Å². The second kappa shape index (κ2) is 8.20. The van der Waals surface area contributed by atoms with Gasteiger partial charge in [0.25, 0.3) is 0 Å². The van der Waals surface area contributed by atoms with Crippen molar-refractivity contribution >= 4 is 5.69 Å². The first kappa shape index (κ1) is 16.8. The van der Waals surface area contributed by atoms with Crippen LogP contribution in [0.5, 0.6) is 5.75 Å². The van der Waals surface area contributed by atoms with Crippen molar-refractivity contribution in [1.29, 1.82) is 0 Å². The summed E-state index contributed by atoms with van der Waals surface area (Å²) in [5.74, 6) is 0.778. The van der Waals surface area contributed by atoms with Crippen LogP contribution in [0.2, 0.25) is 0 Å². The Morgan fingerprint density at radius 3 is 2.62 bits per heavy atom. The van der Waals surface area contributed by atoms with Gasteiger partial charge in [-0.2, -0.15) is 0 Å². The lowest BCUT2D eigenvalue weighted by Gasteiger charge is -2.14. The summed E-state index contributed by atoms with van der Waals surface area (Å²) < 4.78 is 5.89. The first-order valence-corrected chi connectivity index (χ1v) is 9.00. The topological polar surface area (TPSA) is 38.5 Å². The molecule has 0 aliphatic carbocycles. The summed E-state index contributed by atoms with van der Waals surface area (Å²) in [4.78, 5) is 2.56. The smallest absolute Gasteiger partial charge is 0.142 e. The molecule has 24 heavy (non-hydrogen) atoms. The van der Waals surface area contributed by atoms with Gasteiger partial charge in [-0.3, -0.25) is 0 Å². The number of nitrogen functional groups attached to an aromatic ring is 1. The minimum atomic E-state index is 0.556. The highest BCUT2D eigenvalue weighted by molar-refractivity contribution is 5.54. The zero-order valence-electron chi connectivity index (χ0n) is 14.6. The normalized spacial score (nSPS) is 14.9. The third-order valence-corrected chi connectivity index (χ3v) is 4.69. The monoisotopic (exact) mass is 324 g/mol. The molecule has 3 rings (SSSR count). The number of aryl methyl sites for hydroxylation is 2. The van der Waals surface area contributed by atoms with E-state index in [1.807, 2.05) is 6.07 Å². The second-order valence-corrected chi connectivity index (χ2v) is 6.80. The van der Waals surface area contributed by atoms with Crippen LogP contribution in [-0.4, -0.2) is 24.5 Å². The minimum absolute atomic E-state index is 0.556. The summed E-state index contributed by atoms with van der Waals surface area (Å²) in [7, 11) is 0. The highest BCUT2D eigenvalue weighted by Crippen LogP contribution is 2.24. The summed E-state index contributed by atoms with van der Waals surface area (Å²) in [5.41, 5.74) is 10.6. The molecular formula is C21H28N2O. The van der Waals surface area contributed by atoms with Crippen LogP contribution in [0.3, 0.4) is 0 Å². The molecule has 0 aromatic heterocycles. The van der Waals surface area contributed by atoms with E-state index < -0.39 is 0 Å². The van der Waals surface area contributed by atoms with Crippen molar-refractivity contribution in [3.05, 3.63) is 59.2 Å². The van der Waals surface area contributed by atoms with Gasteiger partial charge in [-0.1, -0.05) is 35.9 Å². The van der Waals surface area contributed by atoms with Crippen LogP contribution in [0, 0.1) is 6.92 Å². The highest BCUT2D eigenvalue weighted by atomic mass is 16.5. The standard InChI is InChI=1S/C21H28N2O/c1-17-6-4-7-19(14-17)16-24-21-10-9-18(15-20(21)22)8-5-13-23-11-2-3-12-23/h4,6-7,9-10,14-15H,2-3,5,8,11-13,16,22H2,1H3. The SMILES string of the molecule is Cc1cccc(COc2ccc(CCCN3CCCC3)cc2N)c1. The predicted molar refractivity (Wildman–Crippen MR) is 100 cm³/mol. The van der Waals surface area contributed by atoms with Crippen molar-refractivity contribution in [2.75, 3.05) is 25.4 Å². The number of ether oxygens (including phenoxy) is 1. The van der Waals surface area contributed by atoms with E-state index in [0.29, 0.717) is 6.61 Å². The molecule has 0 radical (unpaired) electrons. The Balaban J connectivity index is 1.50. The predicted octanol–water partition coefficient (Wildman–Crippen LogP) is 4.18. The molecule has 2 aromatic carbocycles. The van der Waals surface area contributed by atoms with E-state index in [1.165, 1.54) is 55.6 Å². The molecule has 1 heterocycles. The molecule has 0 bridgehead atoms.